The first kappa shape index (κ1) is 15.4. The number of benzene rings is 1. The van der Waals surface area contributed by atoms with Gasteiger partial charge in [-0.25, -0.2) is 4.79 Å². The minimum Gasteiger partial charge on any atom is -0.438 e. The zero-order chi connectivity index (χ0) is 16.3. The number of fused-ring (bicyclic) bond motifs is 1. The van der Waals surface area contributed by atoms with Gasteiger partial charge in [-0.2, -0.15) is 0 Å². The Hall–Kier alpha value is -1.53. The number of anilines is 1. The van der Waals surface area contributed by atoms with E-state index in [1.807, 2.05) is 59.7 Å². The molecule has 0 unspecified atom stereocenters. The number of ether oxygens (including phenoxy) is 1. The van der Waals surface area contributed by atoms with Gasteiger partial charge in [0.05, 0.1) is 16.9 Å². The van der Waals surface area contributed by atoms with E-state index in [0.29, 0.717) is 0 Å². The number of hydrogen-bond acceptors (Lipinski definition) is 4. The molecule has 1 aromatic carbocycles. The number of amides is 1. The summed E-state index contributed by atoms with van der Waals surface area (Å²) in [6.45, 7) is 11.9. The van der Waals surface area contributed by atoms with Crippen molar-refractivity contribution >= 4 is 24.4 Å². The SMILES string of the molecule is CC1(C)OC(=O)Nc2ccc(B3OC(C)(C)C(C)(C)O3)cc21. The summed E-state index contributed by atoms with van der Waals surface area (Å²) in [6.07, 6.45) is -0.430. The summed E-state index contributed by atoms with van der Waals surface area (Å²) in [7, 11) is -0.427. The van der Waals surface area contributed by atoms with Crippen LogP contribution in [0.5, 0.6) is 0 Å². The first-order chi connectivity index (χ1) is 10.0. The van der Waals surface area contributed by atoms with Crippen molar-refractivity contribution in [3.05, 3.63) is 23.8 Å². The lowest BCUT2D eigenvalue weighted by molar-refractivity contribution is 0.00578. The van der Waals surface area contributed by atoms with Crippen molar-refractivity contribution in [3.63, 3.8) is 0 Å². The molecule has 6 heteroatoms. The molecule has 3 rings (SSSR count). The van der Waals surface area contributed by atoms with Gasteiger partial charge in [-0.15, -0.1) is 0 Å². The molecule has 2 heterocycles. The molecule has 0 aromatic heterocycles. The molecule has 1 amide bonds. The Labute approximate surface area is 131 Å². The van der Waals surface area contributed by atoms with Crippen molar-refractivity contribution in [3.8, 4) is 0 Å². The third-order valence-electron chi connectivity index (χ3n) is 4.80. The van der Waals surface area contributed by atoms with Crippen LogP contribution in [0.25, 0.3) is 0 Å². The quantitative estimate of drug-likeness (QED) is 0.811. The van der Waals surface area contributed by atoms with Crippen molar-refractivity contribution in [1.29, 1.82) is 0 Å². The Bertz CT molecular complexity index is 623. The van der Waals surface area contributed by atoms with Crippen LogP contribution in [0.15, 0.2) is 18.2 Å². The van der Waals surface area contributed by atoms with E-state index >= 15 is 0 Å². The standard InChI is InChI=1S/C16H22BNO4/c1-14(2)11-9-10(7-8-12(11)18-13(19)20-14)17-21-15(3,4)16(5,6)22-17/h7-9H,1-6H3,(H,18,19). The molecule has 118 valence electrons. The number of hydrogen-bond donors (Lipinski definition) is 1. The molecule has 0 radical (unpaired) electrons. The summed E-state index contributed by atoms with van der Waals surface area (Å²) < 4.78 is 17.5. The van der Waals surface area contributed by atoms with Gasteiger partial charge in [0.2, 0.25) is 0 Å². The smallest absolute Gasteiger partial charge is 0.438 e. The van der Waals surface area contributed by atoms with Crippen LogP contribution in [-0.2, 0) is 19.6 Å². The minimum atomic E-state index is -0.683. The van der Waals surface area contributed by atoms with E-state index in [-0.39, 0.29) is 11.2 Å². The highest BCUT2D eigenvalue weighted by molar-refractivity contribution is 6.62. The van der Waals surface area contributed by atoms with Gasteiger partial charge in [0.25, 0.3) is 0 Å². The molecule has 0 spiro atoms. The molecule has 1 saturated heterocycles. The second-order valence-electron chi connectivity index (χ2n) is 7.42. The van der Waals surface area contributed by atoms with E-state index in [1.165, 1.54) is 0 Å². The third kappa shape index (κ3) is 2.30. The molecule has 1 fully saturated rings. The van der Waals surface area contributed by atoms with E-state index in [9.17, 15) is 4.79 Å². The first-order valence-corrected chi connectivity index (χ1v) is 7.52. The van der Waals surface area contributed by atoms with Gasteiger partial charge in [-0.1, -0.05) is 12.1 Å². The molecule has 2 aliphatic rings. The number of rotatable bonds is 1. The summed E-state index contributed by atoms with van der Waals surface area (Å²) in [5.41, 5.74) is 1.16. The molecular weight excluding hydrogens is 281 g/mol. The van der Waals surface area contributed by atoms with E-state index < -0.39 is 18.8 Å². The van der Waals surface area contributed by atoms with Gasteiger partial charge in [-0.05, 0) is 53.1 Å². The number of carbonyl (C=O) groups is 1. The maximum absolute atomic E-state index is 11.6. The highest BCUT2D eigenvalue weighted by Gasteiger charge is 2.52. The van der Waals surface area contributed by atoms with E-state index in [4.69, 9.17) is 14.0 Å². The summed E-state index contributed by atoms with van der Waals surface area (Å²) in [5, 5.41) is 2.72. The Morgan fingerprint density at radius 2 is 1.59 bits per heavy atom. The molecule has 2 aliphatic heterocycles. The highest BCUT2D eigenvalue weighted by Crippen LogP contribution is 2.38. The van der Waals surface area contributed by atoms with Crippen LogP contribution < -0.4 is 10.8 Å². The van der Waals surface area contributed by atoms with Gasteiger partial charge in [-0.3, -0.25) is 5.32 Å². The Balaban J connectivity index is 1.97. The molecule has 0 bridgehead atoms. The second kappa shape index (κ2) is 4.49. The van der Waals surface area contributed by atoms with E-state index in [0.717, 1.165) is 16.7 Å². The van der Waals surface area contributed by atoms with Gasteiger partial charge in [0.1, 0.15) is 5.60 Å². The Morgan fingerprint density at radius 1 is 1.00 bits per heavy atom. The van der Waals surface area contributed by atoms with E-state index in [2.05, 4.69) is 5.32 Å². The van der Waals surface area contributed by atoms with Crippen molar-refractivity contribution in [2.24, 2.45) is 0 Å². The zero-order valence-electron chi connectivity index (χ0n) is 13.9. The third-order valence-corrected chi connectivity index (χ3v) is 4.80. The molecule has 1 aromatic rings. The minimum absolute atomic E-state index is 0.381. The number of nitrogens with one attached hydrogen (secondary N) is 1. The van der Waals surface area contributed by atoms with Crippen LogP contribution in [0.1, 0.15) is 47.1 Å². The van der Waals surface area contributed by atoms with Crippen molar-refractivity contribution in [1.82, 2.24) is 0 Å². The normalized spacial score (nSPS) is 24.5. The molecule has 0 saturated carbocycles. The Kier molecular flexibility index (Phi) is 3.14. The predicted octanol–water partition coefficient (Wildman–Crippen LogP) is 2.78. The average Bonchev–Trinajstić information content (AvgIpc) is 2.57. The fraction of sp³-hybridized carbons (Fsp3) is 0.562. The lowest BCUT2D eigenvalue weighted by atomic mass is 9.76. The first-order valence-electron chi connectivity index (χ1n) is 7.52. The lowest BCUT2D eigenvalue weighted by Gasteiger charge is -2.32. The largest absolute Gasteiger partial charge is 0.494 e. The van der Waals surface area contributed by atoms with Crippen LogP contribution in [-0.4, -0.2) is 24.4 Å². The lowest BCUT2D eigenvalue weighted by Crippen LogP contribution is -2.41. The fourth-order valence-corrected chi connectivity index (χ4v) is 2.72. The van der Waals surface area contributed by atoms with Crippen LogP contribution in [0.2, 0.25) is 0 Å². The Morgan fingerprint density at radius 3 is 2.18 bits per heavy atom. The van der Waals surface area contributed by atoms with Gasteiger partial charge in [0, 0.05) is 5.56 Å². The average molecular weight is 303 g/mol. The molecule has 1 N–H and O–H groups in total. The monoisotopic (exact) mass is 303 g/mol. The molecular formula is C16H22BNO4. The second-order valence-corrected chi connectivity index (χ2v) is 7.42. The van der Waals surface area contributed by atoms with Crippen LogP contribution in [0.3, 0.4) is 0 Å². The van der Waals surface area contributed by atoms with Crippen LogP contribution in [0.4, 0.5) is 10.5 Å². The van der Waals surface area contributed by atoms with Crippen molar-refractivity contribution in [2.45, 2.75) is 58.3 Å². The van der Waals surface area contributed by atoms with Crippen LogP contribution in [0, 0.1) is 0 Å². The predicted molar refractivity (Wildman–Crippen MR) is 85.3 cm³/mol. The summed E-state index contributed by atoms with van der Waals surface area (Å²) in [6, 6.07) is 5.78. The zero-order valence-corrected chi connectivity index (χ0v) is 13.9. The summed E-state index contributed by atoms with van der Waals surface area (Å²) in [4.78, 5) is 11.6. The maximum Gasteiger partial charge on any atom is 0.494 e. The molecule has 0 aliphatic carbocycles. The van der Waals surface area contributed by atoms with Gasteiger partial charge in [0.15, 0.2) is 0 Å². The van der Waals surface area contributed by atoms with Crippen molar-refractivity contribution in [2.75, 3.05) is 5.32 Å². The van der Waals surface area contributed by atoms with Crippen LogP contribution >= 0.6 is 0 Å². The fourth-order valence-electron chi connectivity index (χ4n) is 2.72. The van der Waals surface area contributed by atoms with Gasteiger partial charge < -0.3 is 14.0 Å². The molecule has 0 atom stereocenters. The summed E-state index contributed by atoms with van der Waals surface area (Å²) in [5.74, 6) is 0. The number of carbonyl (C=O) groups excluding carboxylic acids is 1. The topological polar surface area (TPSA) is 56.8 Å². The van der Waals surface area contributed by atoms with Crippen molar-refractivity contribution < 1.29 is 18.8 Å². The molecule has 22 heavy (non-hydrogen) atoms. The maximum atomic E-state index is 11.6. The van der Waals surface area contributed by atoms with Gasteiger partial charge >= 0.3 is 13.2 Å². The summed E-state index contributed by atoms with van der Waals surface area (Å²) >= 11 is 0. The highest BCUT2D eigenvalue weighted by atomic mass is 16.7. The molecule has 5 nitrogen and oxygen atoms in total. The number of cyclic esters (lactones) is 1. The van der Waals surface area contributed by atoms with E-state index in [1.54, 1.807) is 0 Å².